The molecule has 2 amide bonds. The van der Waals surface area contributed by atoms with E-state index >= 15 is 0 Å². The van der Waals surface area contributed by atoms with Crippen molar-refractivity contribution in [2.45, 2.75) is 20.0 Å². The summed E-state index contributed by atoms with van der Waals surface area (Å²) in [5.74, 6) is 1.41. The number of benzene rings is 2. The number of hydrogen-bond donors (Lipinski definition) is 2. The SMILES string of the molecule is CC(C)CNC(=O)c1ccccc1NC(=O)CN(C)CC1COc2ccccc2O1. The molecule has 0 fully saturated rings. The third-order valence-corrected chi connectivity index (χ3v) is 4.61. The van der Waals surface area contributed by atoms with Crippen LogP contribution < -0.4 is 20.1 Å². The molecule has 2 aromatic rings. The van der Waals surface area contributed by atoms with Crippen LogP contribution >= 0.6 is 0 Å². The van der Waals surface area contributed by atoms with E-state index in [-0.39, 0.29) is 24.5 Å². The van der Waals surface area contributed by atoms with Crippen molar-refractivity contribution in [2.75, 3.05) is 38.6 Å². The summed E-state index contributed by atoms with van der Waals surface area (Å²) >= 11 is 0. The zero-order valence-corrected chi connectivity index (χ0v) is 17.7. The number of rotatable bonds is 8. The van der Waals surface area contributed by atoms with Gasteiger partial charge in [0, 0.05) is 13.1 Å². The zero-order chi connectivity index (χ0) is 21.5. The van der Waals surface area contributed by atoms with E-state index in [0.29, 0.717) is 42.6 Å². The van der Waals surface area contributed by atoms with E-state index in [9.17, 15) is 9.59 Å². The molecule has 7 nitrogen and oxygen atoms in total. The number of amides is 2. The van der Waals surface area contributed by atoms with Gasteiger partial charge in [-0.05, 0) is 37.2 Å². The molecule has 7 heteroatoms. The molecular weight excluding hydrogens is 382 g/mol. The van der Waals surface area contributed by atoms with Gasteiger partial charge in [-0.2, -0.15) is 0 Å². The molecule has 3 rings (SSSR count). The molecule has 1 unspecified atom stereocenters. The Bertz CT molecular complexity index is 884. The fourth-order valence-corrected chi connectivity index (χ4v) is 3.18. The first-order valence-corrected chi connectivity index (χ1v) is 10.2. The number of ether oxygens (including phenoxy) is 2. The number of para-hydroxylation sites is 3. The monoisotopic (exact) mass is 411 g/mol. The Morgan fingerprint density at radius 3 is 2.57 bits per heavy atom. The van der Waals surface area contributed by atoms with Gasteiger partial charge in [-0.25, -0.2) is 0 Å². The van der Waals surface area contributed by atoms with Gasteiger partial charge in [0.1, 0.15) is 12.7 Å². The summed E-state index contributed by atoms with van der Waals surface area (Å²) in [7, 11) is 1.85. The average Bonchev–Trinajstić information content (AvgIpc) is 2.72. The quantitative estimate of drug-likeness (QED) is 0.698. The molecule has 1 heterocycles. The summed E-state index contributed by atoms with van der Waals surface area (Å²) in [6.07, 6.45) is -0.160. The standard InChI is InChI=1S/C23H29N3O4/c1-16(2)12-24-23(28)18-8-4-5-9-19(18)25-22(27)14-26(3)13-17-15-29-20-10-6-7-11-21(20)30-17/h4-11,16-17H,12-15H2,1-3H3,(H,24,28)(H,25,27). The molecule has 1 aliphatic heterocycles. The smallest absolute Gasteiger partial charge is 0.253 e. The van der Waals surface area contributed by atoms with Crippen molar-refractivity contribution in [1.82, 2.24) is 10.2 Å². The molecule has 0 saturated heterocycles. The predicted molar refractivity (Wildman–Crippen MR) is 116 cm³/mol. The Labute approximate surface area is 177 Å². The first kappa shape index (κ1) is 21.6. The predicted octanol–water partition coefficient (Wildman–Crippen LogP) is 2.78. The van der Waals surface area contributed by atoms with Gasteiger partial charge < -0.3 is 20.1 Å². The number of nitrogens with one attached hydrogen (secondary N) is 2. The Balaban J connectivity index is 1.53. The van der Waals surface area contributed by atoms with Crippen LogP contribution in [0.15, 0.2) is 48.5 Å². The maximum absolute atomic E-state index is 12.5. The number of nitrogens with zero attached hydrogens (tertiary/aromatic N) is 1. The van der Waals surface area contributed by atoms with Crippen molar-refractivity contribution >= 4 is 17.5 Å². The molecule has 1 aliphatic rings. The number of hydrogen-bond acceptors (Lipinski definition) is 5. The lowest BCUT2D eigenvalue weighted by Gasteiger charge is -2.29. The number of anilines is 1. The Morgan fingerprint density at radius 2 is 1.80 bits per heavy atom. The summed E-state index contributed by atoms with van der Waals surface area (Å²) in [5.41, 5.74) is 0.957. The van der Waals surface area contributed by atoms with Gasteiger partial charge in [0.2, 0.25) is 5.91 Å². The third-order valence-electron chi connectivity index (χ3n) is 4.61. The molecule has 0 bridgehead atoms. The van der Waals surface area contributed by atoms with Crippen LogP contribution in [-0.4, -0.2) is 56.1 Å². The van der Waals surface area contributed by atoms with Gasteiger partial charge in [-0.1, -0.05) is 38.1 Å². The van der Waals surface area contributed by atoms with E-state index in [0.717, 1.165) is 5.75 Å². The summed E-state index contributed by atoms with van der Waals surface area (Å²) in [4.78, 5) is 26.9. The van der Waals surface area contributed by atoms with E-state index in [1.807, 2.05) is 50.1 Å². The molecule has 0 saturated carbocycles. The Hall–Kier alpha value is -3.06. The van der Waals surface area contributed by atoms with Crippen LogP contribution in [0.3, 0.4) is 0 Å². The van der Waals surface area contributed by atoms with Crippen molar-refractivity contribution in [3.63, 3.8) is 0 Å². The Kier molecular flexibility index (Phi) is 7.30. The fourth-order valence-electron chi connectivity index (χ4n) is 3.18. The normalized spacial score (nSPS) is 15.2. The zero-order valence-electron chi connectivity index (χ0n) is 17.7. The van der Waals surface area contributed by atoms with Gasteiger partial charge in [-0.3, -0.25) is 14.5 Å². The first-order valence-electron chi connectivity index (χ1n) is 10.2. The van der Waals surface area contributed by atoms with Crippen LogP contribution in [0.4, 0.5) is 5.69 Å². The van der Waals surface area contributed by atoms with Crippen molar-refractivity contribution in [1.29, 1.82) is 0 Å². The highest BCUT2D eigenvalue weighted by Crippen LogP contribution is 2.30. The number of fused-ring (bicyclic) bond motifs is 1. The highest BCUT2D eigenvalue weighted by Gasteiger charge is 2.23. The molecule has 0 aromatic heterocycles. The van der Waals surface area contributed by atoms with Crippen molar-refractivity contribution in [2.24, 2.45) is 5.92 Å². The van der Waals surface area contributed by atoms with Crippen molar-refractivity contribution in [3.8, 4) is 11.5 Å². The average molecular weight is 412 g/mol. The molecule has 2 aromatic carbocycles. The summed E-state index contributed by atoms with van der Waals surface area (Å²) in [5, 5.41) is 5.73. The number of likely N-dealkylation sites (N-methyl/N-ethyl adjacent to an activating group) is 1. The van der Waals surface area contributed by atoms with Crippen molar-refractivity contribution in [3.05, 3.63) is 54.1 Å². The van der Waals surface area contributed by atoms with Crippen LogP contribution in [0, 0.1) is 5.92 Å². The maximum atomic E-state index is 12.5. The van der Waals surface area contributed by atoms with E-state index in [4.69, 9.17) is 9.47 Å². The van der Waals surface area contributed by atoms with Gasteiger partial charge >= 0.3 is 0 Å². The van der Waals surface area contributed by atoms with Crippen molar-refractivity contribution < 1.29 is 19.1 Å². The molecule has 0 radical (unpaired) electrons. The Morgan fingerprint density at radius 1 is 1.10 bits per heavy atom. The van der Waals surface area contributed by atoms with Crippen LogP contribution in [0.5, 0.6) is 11.5 Å². The van der Waals surface area contributed by atoms with Gasteiger partial charge in [0.25, 0.3) is 5.91 Å². The second-order valence-corrected chi connectivity index (χ2v) is 7.89. The van der Waals surface area contributed by atoms with E-state index in [1.165, 1.54) is 0 Å². The largest absolute Gasteiger partial charge is 0.486 e. The second-order valence-electron chi connectivity index (χ2n) is 7.89. The highest BCUT2D eigenvalue weighted by molar-refractivity contribution is 6.04. The van der Waals surface area contributed by atoms with E-state index in [2.05, 4.69) is 10.6 Å². The summed E-state index contributed by atoms with van der Waals surface area (Å²) < 4.78 is 11.7. The van der Waals surface area contributed by atoms with Crippen LogP contribution in [-0.2, 0) is 4.79 Å². The van der Waals surface area contributed by atoms with Gasteiger partial charge in [0.05, 0.1) is 17.8 Å². The minimum Gasteiger partial charge on any atom is -0.486 e. The molecular formula is C23H29N3O4. The minimum atomic E-state index is -0.196. The summed E-state index contributed by atoms with van der Waals surface area (Å²) in [6, 6.07) is 14.6. The third kappa shape index (κ3) is 5.97. The molecule has 2 N–H and O–H groups in total. The van der Waals surface area contributed by atoms with E-state index < -0.39 is 0 Å². The lowest BCUT2D eigenvalue weighted by atomic mass is 10.1. The van der Waals surface area contributed by atoms with Crippen LogP contribution in [0.25, 0.3) is 0 Å². The molecule has 30 heavy (non-hydrogen) atoms. The maximum Gasteiger partial charge on any atom is 0.253 e. The lowest BCUT2D eigenvalue weighted by molar-refractivity contribution is -0.117. The minimum absolute atomic E-state index is 0.160. The summed E-state index contributed by atoms with van der Waals surface area (Å²) in [6.45, 7) is 5.78. The molecule has 0 aliphatic carbocycles. The topological polar surface area (TPSA) is 79.9 Å². The van der Waals surface area contributed by atoms with Gasteiger partial charge in [0.15, 0.2) is 11.5 Å². The first-order chi connectivity index (χ1) is 14.4. The molecule has 160 valence electrons. The number of carbonyl (C=O) groups is 2. The second kappa shape index (κ2) is 10.1. The van der Waals surface area contributed by atoms with Gasteiger partial charge in [-0.15, -0.1) is 0 Å². The van der Waals surface area contributed by atoms with Crippen LogP contribution in [0.1, 0.15) is 24.2 Å². The highest BCUT2D eigenvalue weighted by atomic mass is 16.6. The van der Waals surface area contributed by atoms with Crippen LogP contribution in [0.2, 0.25) is 0 Å². The molecule has 1 atom stereocenters. The lowest BCUT2D eigenvalue weighted by Crippen LogP contribution is -2.42. The van der Waals surface area contributed by atoms with E-state index in [1.54, 1.807) is 24.3 Å². The molecule has 0 spiro atoms. The number of carbonyl (C=O) groups excluding carboxylic acids is 2. The fraction of sp³-hybridized carbons (Fsp3) is 0.391.